The molecule has 2 aliphatic heterocycles. The molecule has 0 unspecified atom stereocenters. The third-order valence-electron chi connectivity index (χ3n) is 5.75. The molecule has 2 aliphatic rings. The van der Waals surface area contributed by atoms with Gasteiger partial charge >= 0.3 is 0 Å². The highest BCUT2D eigenvalue weighted by Gasteiger charge is 2.20. The Bertz CT molecular complexity index is 1030. The maximum Gasteiger partial charge on any atom is 0.185 e. The van der Waals surface area contributed by atoms with Gasteiger partial charge in [0.1, 0.15) is 0 Å². The van der Waals surface area contributed by atoms with Gasteiger partial charge in [-0.15, -0.1) is 0 Å². The van der Waals surface area contributed by atoms with Gasteiger partial charge in [-0.1, -0.05) is 41.7 Å². The van der Waals surface area contributed by atoms with E-state index in [2.05, 4.69) is 103 Å². The molecule has 2 fully saturated rings. The third kappa shape index (κ3) is 5.28. The van der Waals surface area contributed by atoms with Crippen LogP contribution in [-0.4, -0.2) is 49.2 Å². The second-order valence-corrected chi connectivity index (χ2v) is 10.3. The number of hydrogen-bond donors (Lipinski definition) is 1. The fourth-order valence-electron chi connectivity index (χ4n) is 4.04. The predicted molar refractivity (Wildman–Crippen MR) is 139 cm³/mol. The SMILES string of the molecule is Ic1ccc(N2CC(=Cc3cnc(N4CCN(Cc5ccccc5)CC4)s3)CN2)cc1. The fourth-order valence-corrected chi connectivity index (χ4v) is 5.36. The normalized spacial score (nSPS) is 18.8. The molecule has 0 saturated carbocycles. The first kappa shape index (κ1) is 20.9. The Hall–Kier alpha value is -1.94. The average molecular weight is 543 g/mol. The number of nitrogens with zero attached hydrogens (tertiary/aromatic N) is 4. The van der Waals surface area contributed by atoms with Crippen LogP contribution in [0.1, 0.15) is 10.4 Å². The first-order valence-corrected chi connectivity index (χ1v) is 12.6. The summed E-state index contributed by atoms with van der Waals surface area (Å²) in [6.07, 6.45) is 4.32. The van der Waals surface area contributed by atoms with Gasteiger partial charge in [-0.3, -0.25) is 4.90 Å². The molecule has 3 aromatic rings. The Morgan fingerprint density at radius 3 is 2.55 bits per heavy atom. The van der Waals surface area contributed by atoms with Crippen LogP contribution in [0.3, 0.4) is 0 Å². The molecule has 3 heterocycles. The summed E-state index contributed by atoms with van der Waals surface area (Å²) in [5.41, 5.74) is 7.48. The quantitative estimate of drug-likeness (QED) is 0.481. The van der Waals surface area contributed by atoms with Gasteiger partial charge in [0, 0.05) is 53.9 Å². The van der Waals surface area contributed by atoms with Gasteiger partial charge in [0.25, 0.3) is 0 Å². The van der Waals surface area contributed by atoms with Gasteiger partial charge in [-0.2, -0.15) is 0 Å². The lowest BCUT2D eigenvalue weighted by Crippen LogP contribution is -2.45. The van der Waals surface area contributed by atoms with E-state index in [1.54, 1.807) is 11.3 Å². The lowest BCUT2D eigenvalue weighted by atomic mass is 10.2. The van der Waals surface area contributed by atoms with Crippen LogP contribution in [0.5, 0.6) is 0 Å². The van der Waals surface area contributed by atoms with E-state index in [1.165, 1.54) is 25.3 Å². The standard InChI is InChI=1S/C24H26IN5S/c25-21-6-8-22(9-7-21)30-18-20(15-27-30)14-23-16-26-24(31-23)29-12-10-28(11-13-29)17-19-4-2-1-3-5-19/h1-9,14,16,27H,10-13,15,17-18H2. The summed E-state index contributed by atoms with van der Waals surface area (Å²) >= 11 is 4.15. The summed E-state index contributed by atoms with van der Waals surface area (Å²) in [7, 11) is 0. The molecule has 5 nitrogen and oxygen atoms in total. The van der Waals surface area contributed by atoms with Crippen molar-refractivity contribution in [2.45, 2.75) is 6.54 Å². The molecule has 0 amide bonds. The van der Waals surface area contributed by atoms with E-state index < -0.39 is 0 Å². The zero-order valence-electron chi connectivity index (χ0n) is 17.4. The average Bonchev–Trinajstić information content (AvgIpc) is 3.46. The largest absolute Gasteiger partial charge is 0.346 e. The molecule has 1 N–H and O–H groups in total. The Balaban J connectivity index is 1.16. The Morgan fingerprint density at radius 1 is 1.00 bits per heavy atom. The number of rotatable bonds is 5. The molecule has 0 spiro atoms. The number of hydrogen-bond acceptors (Lipinski definition) is 6. The molecule has 0 bridgehead atoms. The van der Waals surface area contributed by atoms with E-state index >= 15 is 0 Å². The number of benzene rings is 2. The number of anilines is 2. The van der Waals surface area contributed by atoms with Crippen LogP contribution in [0, 0.1) is 3.57 Å². The van der Waals surface area contributed by atoms with E-state index in [0.717, 1.165) is 50.9 Å². The molecular weight excluding hydrogens is 517 g/mol. The molecule has 0 radical (unpaired) electrons. The summed E-state index contributed by atoms with van der Waals surface area (Å²) in [4.78, 5) is 10.9. The van der Waals surface area contributed by atoms with Crippen molar-refractivity contribution < 1.29 is 0 Å². The zero-order chi connectivity index (χ0) is 21.0. The monoisotopic (exact) mass is 543 g/mol. The molecule has 5 rings (SSSR count). The van der Waals surface area contributed by atoms with Crippen LogP contribution < -0.4 is 15.3 Å². The number of piperazine rings is 1. The minimum Gasteiger partial charge on any atom is -0.346 e. The molecular formula is C24H26IN5S. The van der Waals surface area contributed by atoms with Crippen LogP contribution >= 0.6 is 33.9 Å². The van der Waals surface area contributed by atoms with Crippen molar-refractivity contribution in [1.29, 1.82) is 0 Å². The number of hydrazine groups is 1. The van der Waals surface area contributed by atoms with Crippen LogP contribution in [0.4, 0.5) is 10.8 Å². The summed E-state index contributed by atoms with van der Waals surface area (Å²) in [5, 5.41) is 3.36. The van der Waals surface area contributed by atoms with Crippen molar-refractivity contribution in [3.8, 4) is 0 Å². The predicted octanol–water partition coefficient (Wildman–Crippen LogP) is 4.48. The molecule has 2 aromatic carbocycles. The van der Waals surface area contributed by atoms with E-state index in [-0.39, 0.29) is 0 Å². The Morgan fingerprint density at radius 2 is 1.77 bits per heavy atom. The lowest BCUT2D eigenvalue weighted by Gasteiger charge is -2.34. The minimum atomic E-state index is 0.886. The van der Waals surface area contributed by atoms with Gasteiger partial charge < -0.3 is 9.91 Å². The summed E-state index contributed by atoms with van der Waals surface area (Å²) in [6, 6.07) is 19.4. The molecule has 2 saturated heterocycles. The Kier molecular flexibility index (Phi) is 6.54. The van der Waals surface area contributed by atoms with E-state index in [4.69, 9.17) is 4.98 Å². The van der Waals surface area contributed by atoms with Crippen LogP contribution in [0.25, 0.3) is 6.08 Å². The number of aromatic nitrogens is 1. The maximum atomic E-state index is 4.72. The van der Waals surface area contributed by atoms with Crippen molar-refractivity contribution in [2.24, 2.45) is 0 Å². The van der Waals surface area contributed by atoms with Crippen molar-refractivity contribution in [3.05, 3.63) is 80.4 Å². The Labute approximate surface area is 201 Å². The van der Waals surface area contributed by atoms with Crippen molar-refractivity contribution in [1.82, 2.24) is 15.3 Å². The minimum absolute atomic E-state index is 0.886. The van der Waals surface area contributed by atoms with Crippen LogP contribution in [0.2, 0.25) is 0 Å². The van der Waals surface area contributed by atoms with Gasteiger partial charge in [-0.05, 0) is 64.1 Å². The molecule has 31 heavy (non-hydrogen) atoms. The van der Waals surface area contributed by atoms with E-state index in [9.17, 15) is 0 Å². The topological polar surface area (TPSA) is 34.6 Å². The second-order valence-electron chi connectivity index (χ2n) is 7.99. The zero-order valence-corrected chi connectivity index (χ0v) is 20.3. The van der Waals surface area contributed by atoms with E-state index in [0.29, 0.717) is 0 Å². The maximum absolute atomic E-state index is 4.72. The first-order valence-electron chi connectivity index (χ1n) is 10.7. The molecule has 1 aromatic heterocycles. The molecule has 0 atom stereocenters. The summed E-state index contributed by atoms with van der Waals surface area (Å²) in [5.74, 6) is 0. The van der Waals surface area contributed by atoms with Crippen LogP contribution in [-0.2, 0) is 6.54 Å². The van der Waals surface area contributed by atoms with Gasteiger partial charge in [0.2, 0.25) is 0 Å². The number of nitrogens with one attached hydrogen (secondary N) is 1. The molecule has 160 valence electrons. The smallest absolute Gasteiger partial charge is 0.185 e. The van der Waals surface area contributed by atoms with Gasteiger partial charge in [-0.25, -0.2) is 10.4 Å². The van der Waals surface area contributed by atoms with Gasteiger partial charge in [0.15, 0.2) is 5.13 Å². The molecule has 0 aliphatic carbocycles. The van der Waals surface area contributed by atoms with Crippen molar-refractivity contribution >= 4 is 50.8 Å². The van der Waals surface area contributed by atoms with Crippen molar-refractivity contribution in [3.63, 3.8) is 0 Å². The highest BCUT2D eigenvalue weighted by atomic mass is 127. The first-order chi connectivity index (χ1) is 15.2. The van der Waals surface area contributed by atoms with Crippen molar-refractivity contribution in [2.75, 3.05) is 49.2 Å². The number of halogens is 1. The number of thiazole rings is 1. The second kappa shape index (κ2) is 9.68. The molecule has 7 heteroatoms. The highest BCUT2D eigenvalue weighted by molar-refractivity contribution is 14.1. The van der Waals surface area contributed by atoms with Gasteiger partial charge in [0.05, 0.1) is 12.2 Å². The van der Waals surface area contributed by atoms with E-state index in [1.807, 2.05) is 6.20 Å². The summed E-state index contributed by atoms with van der Waals surface area (Å²) < 4.78 is 1.26. The third-order valence-corrected chi connectivity index (χ3v) is 7.47. The lowest BCUT2D eigenvalue weighted by molar-refractivity contribution is 0.250. The summed E-state index contributed by atoms with van der Waals surface area (Å²) in [6.45, 7) is 7.08. The highest BCUT2D eigenvalue weighted by Crippen LogP contribution is 2.27. The van der Waals surface area contributed by atoms with Crippen LogP contribution in [0.15, 0.2) is 66.4 Å². The fraction of sp³-hybridized carbons (Fsp3) is 0.292.